The first kappa shape index (κ1) is 10.7. The minimum Gasteiger partial charge on any atom is -0.307 e. The lowest BCUT2D eigenvalue weighted by molar-refractivity contribution is 0.447. The topological polar surface area (TPSA) is 80.4 Å². The van der Waals surface area contributed by atoms with Crippen molar-refractivity contribution < 1.29 is 13.0 Å². The van der Waals surface area contributed by atoms with Crippen LogP contribution in [0.4, 0.5) is 0 Å². The first-order valence-corrected chi connectivity index (χ1v) is 5.39. The second-order valence-corrected chi connectivity index (χ2v) is 5.13. The zero-order valence-corrected chi connectivity index (χ0v) is 8.56. The summed E-state index contributed by atoms with van der Waals surface area (Å²) in [6, 6.07) is 0. The highest BCUT2D eigenvalue weighted by Crippen LogP contribution is 2.29. The Bertz CT molecular complexity index is 385. The molecule has 74 valence electrons. The molecule has 0 amide bonds. The van der Waals surface area contributed by atoms with Gasteiger partial charge >= 0.3 is 0 Å². The van der Waals surface area contributed by atoms with Crippen LogP contribution in [-0.2, 0) is 10.1 Å². The van der Waals surface area contributed by atoms with Crippen LogP contribution in [0, 0.1) is 0 Å². The maximum absolute atomic E-state index is 10.9. The number of hydrogen-bond acceptors (Lipinski definition) is 3. The minimum atomic E-state index is -4.28. The smallest absolute Gasteiger partial charge is 0.287 e. The van der Waals surface area contributed by atoms with Crippen molar-refractivity contribution in [1.82, 2.24) is 0 Å². The Labute approximate surface area is 81.8 Å². The van der Waals surface area contributed by atoms with Crippen molar-refractivity contribution in [2.45, 2.75) is 18.2 Å². The van der Waals surface area contributed by atoms with Crippen LogP contribution in [0.5, 0.6) is 0 Å². The Kier molecular flexibility index (Phi) is 2.55. The number of nitrogens with two attached hydrogens (primary N) is 1. The Morgan fingerprint density at radius 3 is 2.62 bits per heavy atom. The summed E-state index contributed by atoms with van der Waals surface area (Å²) in [5.41, 5.74) is 6.02. The summed E-state index contributed by atoms with van der Waals surface area (Å²) < 4.78 is 30.6. The largest absolute Gasteiger partial charge is 0.307 e. The fraction of sp³-hybridized carbons (Fsp3) is 0.429. The van der Waals surface area contributed by atoms with Crippen molar-refractivity contribution in [1.29, 1.82) is 0 Å². The minimum absolute atomic E-state index is 0.0119. The molecule has 13 heavy (non-hydrogen) atoms. The predicted octanol–water partition coefficient (Wildman–Crippen LogP) is 1.00. The third-order valence-electron chi connectivity index (χ3n) is 1.92. The molecule has 0 spiro atoms. The molecule has 1 aliphatic rings. The molecule has 0 saturated heterocycles. The average molecular weight is 224 g/mol. The van der Waals surface area contributed by atoms with Gasteiger partial charge in [-0.15, -0.1) is 0 Å². The second kappa shape index (κ2) is 3.09. The van der Waals surface area contributed by atoms with E-state index in [1.807, 2.05) is 0 Å². The van der Waals surface area contributed by atoms with E-state index in [4.69, 9.17) is 21.9 Å². The van der Waals surface area contributed by atoms with Gasteiger partial charge in [0.15, 0.2) is 4.87 Å². The van der Waals surface area contributed by atoms with E-state index in [0.29, 0.717) is 10.6 Å². The lowest BCUT2D eigenvalue weighted by Gasteiger charge is -2.25. The molecule has 1 atom stereocenters. The van der Waals surface area contributed by atoms with Gasteiger partial charge in [-0.3, -0.25) is 4.55 Å². The first-order chi connectivity index (χ1) is 5.76. The Morgan fingerprint density at radius 2 is 2.23 bits per heavy atom. The van der Waals surface area contributed by atoms with Crippen molar-refractivity contribution in [2.75, 3.05) is 0 Å². The van der Waals surface area contributed by atoms with E-state index in [-0.39, 0.29) is 6.42 Å². The molecule has 0 aromatic heterocycles. The number of hydrogen-bond donors (Lipinski definition) is 2. The van der Waals surface area contributed by atoms with E-state index in [1.165, 1.54) is 12.2 Å². The predicted molar refractivity (Wildman–Crippen MR) is 50.8 cm³/mol. The maximum Gasteiger partial charge on any atom is 0.287 e. The highest BCUT2D eigenvalue weighted by Gasteiger charge is 2.37. The molecule has 0 aromatic rings. The van der Waals surface area contributed by atoms with Crippen LogP contribution < -0.4 is 5.73 Å². The fourth-order valence-corrected chi connectivity index (χ4v) is 1.84. The molecule has 0 fully saturated rings. The summed E-state index contributed by atoms with van der Waals surface area (Å²) in [5.74, 6) is 0. The SMILES string of the molecule is CC1=CC(N)(S(=O)(=O)O)CC=C1Cl. The number of allylic oxidation sites excluding steroid dienone is 2. The van der Waals surface area contributed by atoms with Gasteiger partial charge in [-0.25, -0.2) is 0 Å². The molecule has 1 unspecified atom stereocenters. The van der Waals surface area contributed by atoms with E-state index < -0.39 is 15.0 Å². The maximum atomic E-state index is 10.9. The lowest BCUT2D eigenvalue weighted by atomic mass is 10.0. The monoisotopic (exact) mass is 223 g/mol. The molecular formula is C7H10ClNO3S. The molecule has 6 heteroatoms. The molecule has 0 aromatic carbocycles. The van der Waals surface area contributed by atoms with Crippen LogP contribution in [0.1, 0.15) is 13.3 Å². The van der Waals surface area contributed by atoms with Crippen molar-refractivity contribution in [3.63, 3.8) is 0 Å². The molecule has 0 bridgehead atoms. The third kappa shape index (κ3) is 1.94. The summed E-state index contributed by atoms with van der Waals surface area (Å²) in [6.45, 7) is 1.63. The van der Waals surface area contributed by atoms with Crippen molar-refractivity contribution in [2.24, 2.45) is 5.73 Å². The van der Waals surface area contributed by atoms with Gasteiger partial charge in [0.05, 0.1) is 0 Å². The van der Waals surface area contributed by atoms with Gasteiger partial charge in [0.25, 0.3) is 10.1 Å². The van der Waals surface area contributed by atoms with Crippen LogP contribution >= 0.6 is 11.6 Å². The van der Waals surface area contributed by atoms with Crippen LogP contribution in [0.25, 0.3) is 0 Å². The van der Waals surface area contributed by atoms with Gasteiger partial charge in [0, 0.05) is 11.5 Å². The van der Waals surface area contributed by atoms with Gasteiger partial charge in [-0.1, -0.05) is 17.7 Å². The normalized spacial score (nSPS) is 29.5. The van der Waals surface area contributed by atoms with E-state index in [2.05, 4.69) is 0 Å². The summed E-state index contributed by atoms with van der Waals surface area (Å²) in [5, 5.41) is 0.463. The first-order valence-electron chi connectivity index (χ1n) is 3.58. The quantitative estimate of drug-likeness (QED) is 0.650. The summed E-state index contributed by atoms with van der Waals surface area (Å²) in [6.07, 6.45) is 2.72. The zero-order valence-electron chi connectivity index (χ0n) is 6.99. The van der Waals surface area contributed by atoms with Crippen LogP contribution in [0.15, 0.2) is 22.8 Å². The molecule has 0 saturated carbocycles. The van der Waals surface area contributed by atoms with Crippen LogP contribution in [-0.4, -0.2) is 17.8 Å². The van der Waals surface area contributed by atoms with Gasteiger partial charge < -0.3 is 5.73 Å². The Balaban J connectivity index is 3.16. The van der Waals surface area contributed by atoms with E-state index >= 15 is 0 Å². The second-order valence-electron chi connectivity index (χ2n) is 3.01. The number of halogens is 1. The molecule has 3 N–H and O–H groups in total. The van der Waals surface area contributed by atoms with E-state index in [0.717, 1.165) is 0 Å². The summed E-state index contributed by atoms with van der Waals surface area (Å²) >= 11 is 5.71. The molecule has 0 radical (unpaired) electrons. The Hall–Kier alpha value is -0.360. The summed E-state index contributed by atoms with van der Waals surface area (Å²) in [7, 11) is -4.28. The highest BCUT2D eigenvalue weighted by atomic mass is 35.5. The molecule has 0 aliphatic heterocycles. The van der Waals surface area contributed by atoms with Crippen molar-refractivity contribution in [3.8, 4) is 0 Å². The molecule has 1 aliphatic carbocycles. The fourth-order valence-electron chi connectivity index (χ4n) is 1.08. The van der Waals surface area contributed by atoms with Gasteiger partial charge in [0.2, 0.25) is 0 Å². The van der Waals surface area contributed by atoms with E-state index in [9.17, 15) is 8.42 Å². The zero-order chi connectivity index (χ0) is 10.3. The van der Waals surface area contributed by atoms with Crippen molar-refractivity contribution >= 4 is 21.7 Å². The van der Waals surface area contributed by atoms with Crippen molar-refractivity contribution in [3.05, 3.63) is 22.8 Å². The molecule has 0 heterocycles. The van der Waals surface area contributed by atoms with Crippen LogP contribution in [0.3, 0.4) is 0 Å². The molecule has 4 nitrogen and oxygen atoms in total. The van der Waals surface area contributed by atoms with Gasteiger partial charge in [0.1, 0.15) is 0 Å². The molecular weight excluding hydrogens is 214 g/mol. The third-order valence-corrected chi connectivity index (χ3v) is 3.62. The lowest BCUT2D eigenvalue weighted by Crippen LogP contribution is -2.46. The van der Waals surface area contributed by atoms with Gasteiger partial charge in [-0.05, 0) is 18.6 Å². The standard InChI is InChI=1S/C7H10ClNO3S/c1-5-4-7(9,13(10,11)12)3-2-6(5)8/h2,4H,3,9H2,1H3,(H,10,11,12). The van der Waals surface area contributed by atoms with Crippen LogP contribution in [0.2, 0.25) is 0 Å². The Morgan fingerprint density at radius 1 is 1.69 bits per heavy atom. The summed E-state index contributed by atoms with van der Waals surface area (Å²) in [4.78, 5) is -1.73. The van der Waals surface area contributed by atoms with E-state index in [1.54, 1.807) is 6.92 Å². The van der Waals surface area contributed by atoms with Gasteiger partial charge in [-0.2, -0.15) is 8.42 Å². The average Bonchev–Trinajstić information content (AvgIpc) is 1.95. The molecule has 1 rings (SSSR count). The highest BCUT2D eigenvalue weighted by molar-refractivity contribution is 7.87. The number of rotatable bonds is 1.